The highest BCUT2D eigenvalue weighted by atomic mass is 16.5. The molecule has 2 aromatic rings. The third-order valence-corrected chi connectivity index (χ3v) is 6.01. The first kappa shape index (κ1) is 17.1. The van der Waals surface area contributed by atoms with Crippen LogP contribution < -0.4 is 9.47 Å². The maximum absolute atomic E-state index is 11.6. The lowest BCUT2D eigenvalue weighted by Crippen LogP contribution is -2.53. The Labute approximate surface area is 153 Å². The van der Waals surface area contributed by atoms with Gasteiger partial charge in [0.05, 0.1) is 14.2 Å². The van der Waals surface area contributed by atoms with E-state index >= 15 is 0 Å². The van der Waals surface area contributed by atoms with Gasteiger partial charge >= 0.3 is 0 Å². The molecule has 2 aromatic carbocycles. The summed E-state index contributed by atoms with van der Waals surface area (Å²) in [5.74, 6) is 0.936. The average molecular weight is 352 g/mol. The van der Waals surface area contributed by atoms with E-state index in [4.69, 9.17) is 9.47 Å². The molecule has 5 rings (SSSR count). The molecule has 26 heavy (non-hydrogen) atoms. The minimum Gasteiger partial charge on any atom is -0.496 e. The van der Waals surface area contributed by atoms with Gasteiger partial charge in [0.1, 0.15) is 22.7 Å². The second-order valence-corrected chi connectivity index (χ2v) is 7.26. The molecule has 4 atom stereocenters. The minimum absolute atomic E-state index is 0.210. The molecule has 0 radical (unpaired) electrons. The van der Waals surface area contributed by atoms with Crippen LogP contribution in [0.15, 0.2) is 60.7 Å². The van der Waals surface area contributed by atoms with Crippen LogP contribution in [-0.4, -0.2) is 24.4 Å². The quantitative estimate of drug-likeness (QED) is 0.829. The Kier molecular flexibility index (Phi) is 4.05. The molecule has 3 aliphatic carbocycles. The molecule has 3 aliphatic rings. The Morgan fingerprint density at radius 1 is 0.731 bits per heavy atom. The van der Waals surface area contributed by atoms with Crippen LogP contribution in [0.5, 0.6) is 11.5 Å². The van der Waals surface area contributed by atoms with E-state index in [0.29, 0.717) is 24.3 Å². The van der Waals surface area contributed by atoms with Crippen LogP contribution in [0, 0.1) is 11.8 Å². The van der Waals surface area contributed by atoms with Crippen molar-refractivity contribution in [3.8, 4) is 11.5 Å². The predicted molar refractivity (Wildman–Crippen MR) is 99.1 cm³/mol. The summed E-state index contributed by atoms with van der Waals surface area (Å²) in [6, 6.07) is 15.2. The van der Waals surface area contributed by atoms with E-state index in [0.717, 1.165) is 11.1 Å². The number of hydrogen-bond acceptors (Lipinski definition) is 4. The van der Waals surface area contributed by atoms with Crippen molar-refractivity contribution in [2.45, 2.75) is 24.0 Å². The molecule has 0 aromatic heterocycles. The maximum atomic E-state index is 11.6. The van der Waals surface area contributed by atoms with Gasteiger partial charge in [0.2, 0.25) is 0 Å². The molecule has 0 heterocycles. The van der Waals surface area contributed by atoms with E-state index in [1.165, 1.54) is 0 Å². The molecule has 0 amide bonds. The number of methoxy groups -OCH3 is 2. The van der Waals surface area contributed by atoms with Crippen LogP contribution in [-0.2, 0) is 11.2 Å². The van der Waals surface area contributed by atoms with Gasteiger partial charge in [-0.2, -0.15) is 0 Å². The van der Waals surface area contributed by atoms with Gasteiger partial charge in [-0.05, 0) is 25.0 Å². The summed E-state index contributed by atoms with van der Waals surface area (Å²) in [5.41, 5.74) is -0.548. The van der Waals surface area contributed by atoms with Crippen molar-refractivity contribution >= 4 is 0 Å². The van der Waals surface area contributed by atoms with Gasteiger partial charge in [-0.1, -0.05) is 48.6 Å². The highest BCUT2D eigenvalue weighted by Gasteiger charge is 2.57. The van der Waals surface area contributed by atoms with Crippen molar-refractivity contribution in [2.75, 3.05) is 14.2 Å². The van der Waals surface area contributed by atoms with Crippen LogP contribution in [0.2, 0.25) is 0 Å². The summed E-state index contributed by atoms with van der Waals surface area (Å²) in [7, 11) is 3.23. The molecule has 2 bridgehead atoms. The standard InChI is InChI=1S/C22H24O4/c1-25-19-9-5-3-7-17(19)21(23)13-16-12-11-15(21)14-22(16,24)18-8-4-6-10-20(18)26-2/h3-12,15-16,23-24H,13-14H2,1-2H3/t15-,16-,21-,22-/m0/s1. The number of hydrogen-bond donors (Lipinski definition) is 2. The lowest BCUT2D eigenvalue weighted by atomic mass is 9.56. The van der Waals surface area contributed by atoms with Crippen molar-refractivity contribution in [2.24, 2.45) is 11.8 Å². The molecule has 4 heteroatoms. The van der Waals surface area contributed by atoms with E-state index in [1.54, 1.807) is 14.2 Å². The lowest BCUT2D eigenvalue weighted by molar-refractivity contribution is -0.150. The fourth-order valence-electron chi connectivity index (χ4n) is 4.66. The SMILES string of the molecule is COc1ccccc1[C@]1(O)C[C@@H]2C=C[C@H]1C[C@@]2(O)c1ccccc1OC. The van der Waals surface area contributed by atoms with Crippen molar-refractivity contribution < 1.29 is 19.7 Å². The topological polar surface area (TPSA) is 58.9 Å². The molecule has 136 valence electrons. The molecular formula is C22H24O4. The first-order valence-electron chi connectivity index (χ1n) is 8.93. The van der Waals surface area contributed by atoms with Gasteiger partial charge in [0.15, 0.2) is 0 Å². The number of aliphatic hydroxyl groups is 2. The van der Waals surface area contributed by atoms with Gasteiger partial charge in [-0.15, -0.1) is 0 Å². The number of para-hydroxylation sites is 2. The van der Waals surface area contributed by atoms with E-state index in [1.807, 2.05) is 60.7 Å². The van der Waals surface area contributed by atoms with Crippen LogP contribution in [0.3, 0.4) is 0 Å². The zero-order valence-corrected chi connectivity index (χ0v) is 15.1. The van der Waals surface area contributed by atoms with Crippen LogP contribution >= 0.6 is 0 Å². The van der Waals surface area contributed by atoms with Crippen molar-refractivity contribution in [1.29, 1.82) is 0 Å². The zero-order valence-electron chi connectivity index (χ0n) is 15.1. The largest absolute Gasteiger partial charge is 0.496 e. The maximum Gasteiger partial charge on any atom is 0.124 e. The number of ether oxygens (including phenoxy) is 2. The Bertz CT molecular complexity index is 776. The number of fused-ring (bicyclic) bond motifs is 2. The molecule has 0 unspecified atom stereocenters. The van der Waals surface area contributed by atoms with E-state index in [-0.39, 0.29) is 11.8 Å². The van der Waals surface area contributed by atoms with E-state index < -0.39 is 11.2 Å². The van der Waals surface area contributed by atoms with Gasteiger partial charge in [0, 0.05) is 23.0 Å². The van der Waals surface area contributed by atoms with Gasteiger partial charge in [0.25, 0.3) is 0 Å². The fourth-order valence-corrected chi connectivity index (χ4v) is 4.66. The molecule has 4 nitrogen and oxygen atoms in total. The highest BCUT2D eigenvalue weighted by molar-refractivity contribution is 5.45. The summed E-state index contributed by atoms with van der Waals surface area (Å²) in [6.45, 7) is 0. The molecular weight excluding hydrogens is 328 g/mol. The third-order valence-electron chi connectivity index (χ3n) is 6.01. The fraction of sp³-hybridized carbons (Fsp3) is 0.364. The summed E-state index contributed by atoms with van der Waals surface area (Å²) in [5, 5.41) is 23.2. The summed E-state index contributed by atoms with van der Waals surface area (Å²) in [4.78, 5) is 0. The number of benzene rings is 2. The number of rotatable bonds is 4. The molecule has 2 N–H and O–H groups in total. The van der Waals surface area contributed by atoms with Crippen LogP contribution in [0.25, 0.3) is 0 Å². The van der Waals surface area contributed by atoms with Crippen molar-refractivity contribution in [1.82, 2.24) is 0 Å². The minimum atomic E-state index is -1.06. The smallest absolute Gasteiger partial charge is 0.124 e. The van der Waals surface area contributed by atoms with Gasteiger partial charge < -0.3 is 19.7 Å². The molecule has 0 saturated heterocycles. The van der Waals surface area contributed by atoms with Gasteiger partial charge in [-0.25, -0.2) is 0 Å². The Balaban J connectivity index is 1.76. The van der Waals surface area contributed by atoms with Crippen molar-refractivity contribution in [3.63, 3.8) is 0 Å². The lowest BCUT2D eigenvalue weighted by Gasteiger charge is -2.53. The Morgan fingerprint density at radius 2 is 1.12 bits per heavy atom. The third kappa shape index (κ3) is 2.37. The average Bonchev–Trinajstić information content (AvgIpc) is 2.69. The van der Waals surface area contributed by atoms with Crippen molar-refractivity contribution in [3.05, 3.63) is 71.8 Å². The zero-order chi connectivity index (χ0) is 18.4. The van der Waals surface area contributed by atoms with Gasteiger partial charge in [-0.3, -0.25) is 0 Å². The Hall–Kier alpha value is -2.30. The van der Waals surface area contributed by atoms with Crippen LogP contribution in [0.4, 0.5) is 0 Å². The second kappa shape index (κ2) is 6.15. The Morgan fingerprint density at radius 3 is 1.46 bits per heavy atom. The summed E-state index contributed by atoms with van der Waals surface area (Å²) < 4.78 is 11.0. The highest BCUT2D eigenvalue weighted by Crippen LogP contribution is 2.58. The molecule has 0 spiro atoms. The summed E-state index contributed by atoms with van der Waals surface area (Å²) >= 11 is 0. The van der Waals surface area contributed by atoms with E-state index in [2.05, 4.69) is 0 Å². The van der Waals surface area contributed by atoms with Crippen LogP contribution in [0.1, 0.15) is 24.0 Å². The monoisotopic (exact) mass is 352 g/mol. The molecule has 0 aliphatic heterocycles. The molecule has 1 saturated carbocycles. The summed E-state index contributed by atoms with van der Waals surface area (Å²) in [6.07, 6.45) is 4.93. The predicted octanol–water partition coefficient (Wildman–Crippen LogP) is 3.38. The normalized spacial score (nSPS) is 32.5. The molecule has 1 fully saturated rings. The first-order valence-corrected chi connectivity index (χ1v) is 8.93. The first-order chi connectivity index (χ1) is 12.5. The second-order valence-electron chi connectivity index (χ2n) is 7.26. The van der Waals surface area contributed by atoms with E-state index in [9.17, 15) is 10.2 Å².